The topological polar surface area (TPSA) is 43.1 Å². The highest BCUT2D eigenvalue weighted by Crippen LogP contribution is 2.27. The monoisotopic (exact) mass is 304 g/mol. The number of nitrogens with zero attached hydrogens (tertiary/aromatic N) is 4. The lowest BCUT2D eigenvalue weighted by Crippen LogP contribution is -1.95. The van der Waals surface area contributed by atoms with Crippen molar-refractivity contribution in [2.75, 3.05) is 0 Å². The Kier molecular flexibility index (Phi) is 3.33. The van der Waals surface area contributed by atoms with Crippen molar-refractivity contribution in [3.8, 4) is 11.3 Å². The summed E-state index contributed by atoms with van der Waals surface area (Å²) in [5.74, 6) is 0. The summed E-state index contributed by atoms with van der Waals surface area (Å²) in [5.41, 5.74) is 2.86. The third-order valence-electron chi connectivity index (χ3n) is 3.28. The van der Waals surface area contributed by atoms with E-state index in [1.54, 1.807) is 24.2 Å². The van der Waals surface area contributed by atoms with E-state index < -0.39 is 0 Å². The third-order valence-corrected chi connectivity index (χ3v) is 4.21. The number of fused-ring (bicyclic) bond motifs is 1. The van der Waals surface area contributed by atoms with Gasteiger partial charge in [0, 0.05) is 22.9 Å². The van der Waals surface area contributed by atoms with Crippen molar-refractivity contribution in [2.45, 2.75) is 9.92 Å². The molecule has 22 heavy (non-hydrogen) atoms. The predicted octanol–water partition coefficient (Wildman–Crippen LogP) is 3.94. The lowest BCUT2D eigenvalue weighted by Gasteiger charge is -2.04. The Bertz CT molecular complexity index is 904. The molecule has 0 spiro atoms. The second kappa shape index (κ2) is 5.61. The van der Waals surface area contributed by atoms with Crippen molar-refractivity contribution in [1.82, 2.24) is 19.6 Å². The van der Waals surface area contributed by atoms with Gasteiger partial charge in [0.25, 0.3) is 0 Å². The van der Waals surface area contributed by atoms with Gasteiger partial charge in [0.15, 0.2) is 5.65 Å². The van der Waals surface area contributed by atoms with Gasteiger partial charge in [0.1, 0.15) is 5.03 Å². The Morgan fingerprint density at radius 2 is 1.68 bits per heavy atom. The molecule has 0 saturated heterocycles. The summed E-state index contributed by atoms with van der Waals surface area (Å²) in [6, 6.07) is 18.1. The summed E-state index contributed by atoms with van der Waals surface area (Å²) in [6.45, 7) is 0. The highest BCUT2D eigenvalue weighted by atomic mass is 32.2. The molecule has 0 aliphatic heterocycles. The van der Waals surface area contributed by atoms with Crippen molar-refractivity contribution in [2.24, 2.45) is 0 Å². The summed E-state index contributed by atoms with van der Waals surface area (Å²) < 4.78 is 1.88. The zero-order chi connectivity index (χ0) is 14.8. The normalized spacial score (nSPS) is 10.9. The summed E-state index contributed by atoms with van der Waals surface area (Å²) in [5, 5.41) is 5.64. The Balaban J connectivity index is 1.77. The number of benzene rings is 1. The molecule has 3 aromatic heterocycles. The number of pyridine rings is 1. The Hall–Kier alpha value is -2.66. The molecule has 106 valence electrons. The number of rotatable bonds is 3. The van der Waals surface area contributed by atoms with Crippen LogP contribution >= 0.6 is 11.8 Å². The number of aromatic nitrogens is 4. The van der Waals surface area contributed by atoms with E-state index in [0.717, 1.165) is 21.9 Å². The molecular formula is C17H12N4S. The molecule has 0 atom stereocenters. The van der Waals surface area contributed by atoms with Crippen molar-refractivity contribution in [1.29, 1.82) is 0 Å². The maximum absolute atomic E-state index is 4.70. The van der Waals surface area contributed by atoms with Crippen molar-refractivity contribution >= 4 is 17.4 Å². The molecule has 4 aromatic rings. The first-order valence-corrected chi connectivity index (χ1v) is 7.70. The van der Waals surface area contributed by atoms with E-state index >= 15 is 0 Å². The van der Waals surface area contributed by atoms with E-state index in [9.17, 15) is 0 Å². The molecule has 4 nitrogen and oxygen atoms in total. The van der Waals surface area contributed by atoms with Crippen LogP contribution in [0.2, 0.25) is 0 Å². The maximum Gasteiger partial charge on any atom is 0.154 e. The molecule has 4 rings (SSSR count). The molecule has 1 aromatic carbocycles. The molecule has 0 aliphatic rings. The van der Waals surface area contributed by atoms with Crippen LogP contribution in [0.5, 0.6) is 0 Å². The van der Waals surface area contributed by atoms with E-state index in [-0.39, 0.29) is 0 Å². The van der Waals surface area contributed by atoms with Gasteiger partial charge in [-0.3, -0.25) is 4.98 Å². The van der Waals surface area contributed by atoms with Crippen LogP contribution in [0.1, 0.15) is 0 Å². The van der Waals surface area contributed by atoms with Gasteiger partial charge in [0.2, 0.25) is 0 Å². The van der Waals surface area contributed by atoms with E-state index in [4.69, 9.17) is 5.10 Å². The smallest absolute Gasteiger partial charge is 0.154 e. The maximum atomic E-state index is 4.70. The molecule has 0 aliphatic carbocycles. The zero-order valence-corrected chi connectivity index (χ0v) is 12.4. The Morgan fingerprint density at radius 3 is 2.50 bits per heavy atom. The average molecular weight is 304 g/mol. The standard InChI is InChI=1S/C17H12N4S/c1-2-4-14(5-3-1)22-17-7-6-16-19-12-15(21(16)20-17)13-8-10-18-11-9-13/h1-12H. The molecule has 3 heterocycles. The lowest BCUT2D eigenvalue weighted by atomic mass is 10.2. The summed E-state index contributed by atoms with van der Waals surface area (Å²) in [4.78, 5) is 9.64. The van der Waals surface area contributed by atoms with Gasteiger partial charge in [-0.05, 0) is 36.4 Å². The van der Waals surface area contributed by atoms with E-state index in [1.165, 1.54) is 4.90 Å². The second-order valence-corrected chi connectivity index (χ2v) is 5.83. The van der Waals surface area contributed by atoms with Crippen molar-refractivity contribution < 1.29 is 0 Å². The summed E-state index contributed by atoms with van der Waals surface area (Å²) >= 11 is 1.64. The summed E-state index contributed by atoms with van der Waals surface area (Å²) in [6.07, 6.45) is 5.39. The zero-order valence-electron chi connectivity index (χ0n) is 11.6. The minimum Gasteiger partial charge on any atom is -0.265 e. The molecule has 5 heteroatoms. The second-order valence-electron chi connectivity index (χ2n) is 4.74. The van der Waals surface area contributed by atoms with Crippen LogP contribution in [0.4, 0.5) is 0 Å². The number of hydrogen-bond donors (Lipinski definition) is 0. The first-order valence-electron chi connectivity index (χ1n) is 6.88. The van der Waals surface area contributed by atoms with Crippen molar-refractivity contribution in [3.63, 3.8) is 0 Å². The number of imidazole rings is 1. The van der Waals surface area contributed by atoms with Crippen LogP contribution in [-0.2, 0) is 0 Å². The Labute approximate surface area is 131 Å². The first kappa shape index (κ1) is 13.0. The van der Waals surface area contributed by atoms with Crippen LogP contribution in [0.15, 0.2) is 83.1 Å². The highest BCUT2D eigenvalue weighted by Gasteiger charge is 2.08. The molecule has 0 unspecified atom stereocenters. The van der Waals surface area contributed by atoms with Crippen LogP contribution in [-0.4, -0.2) is 19.6 Å². The first-order chi connectivity index (χ1) is 10.9. The molecular weight excluding hydrogens is 292 g/mol. The van der Waals surface area contributed by atoms with Crippen LogP contribution in [0.25, 0.3) is 16.9 Å². The Morgan fingerprint density at radius 1 is 0.864 bits per heavy atom. The number of hydrogen-bond acceptors (Lipinski definition) is 4. The van der Waals surface area contributed by atoms with Crippen LogP contribution in [0, 0.1) is 0 Å². The van der Waals surface area contributed by atoms with Gasteiger partial charge in [0.05, 0.1) is 11.9 Å². The van der Waals surface area contributed by atoms with E-state index in [0.29, 0.717) is 0 Å². The highest BCUT2D eigenvalue weighted by molar-refractivity contribution is 7.99. The van der Waals surface area contributed by atoms with Gasteiger partial charge in [-0.25, -0.2) is 9.50 Å². The van der Waals surface area contributed by atoms with E-state index in [2.05, 4.69) is 22.1 Å². The molecule has 0 fully saturated rings. The predicted molar refractivity (Wildman–Crippen MR) is 86.8 cm³/mol. The molecule has 0 N–H and O–H groups in total. The third kappa shape index (κ3) is 2.46. The fourth-order valence-electron chi connectivity index (χ4n) is 2.24. The molecule has 0 radical (unpaired) electrons. The van der Waals surface area contributed by atoms with Crippen LogP contribution in [0.3, 0.4) is 0 Å². The molecule has 0 amide bonds. The van der Waals surface area contributed by atoms with Crippen molar-refractivity contribution in [3.05, 3.63) is 73.2 Å². The minimum atomic E-state index is 0.837. The summed E-state index contributed by atoms with van der Waals surface area (Å²) in [7, 11) is 0. The van der Waals surface area contributed by atoms with Crippen LogP contribution < -0.4 is 0 Å². The van der Waals surface area contributed by atoms with Gasteiger partial charge < -0.3 is 0 Å². The molecule has 0 saturated carbocycles. The fraction of sp³-hybridized carbons (Fsp3) is 0. The van der Waals surface area contributed by atoms with Gasteiger partial charge in [-0.1, -0.05) is 30.0 Å². The SMILES string of the molecule is c1ccc(Sc2ccc3ncc(-c4ccncc4)n3n2)cc1. The van der Waals surface area contributed by atoms with Gasteiger partial charge >= 0.3 is 0 Å². The molecule has 0 bridgehead atoms. The average Bonchev–Trinajstić information content (AvgIpc) is 3.00. The fourth-order valence-corrected chi connectivity index (χ4v) is 3.03. The lowest BCUT2D eigenvalue weighted by molar-refractivity contribution is 0.864. The minimum absolute atomic E-state index is 0.837. The van der Waals surface area contributed by atoms with Gasteiger partial charge in [-0.2, -0.15) is 5.10 Å². The largest absolute Gasteiger partial charge is 0.265 e. The van der Waals surface area contributed by atoms with E-state index in [1.807, 2.05) is 53.2 Å². The van der Waals surface area contributed by atoms with Gasteiger partial charge in [-0.15, -0.1) is 0 Å². The quantitative estimate of drug-likeness (QED) is 0.575.